The van der Waals surface area contributed by atoms with Gasteiger partial charge in [-0.1, -0.05) is 76.1 Å². The van der Waals surface area contributed by atoms with Crippen molar-refractivity contribution < 1.29 is 29.3 Å². The topological polar surface area (TPSA) is 132 Å². The van der Waals surface area contributed by atoms with Gasteiger partial charge in [-0.2, -0.15) is 0 Å². The number of pyridine rings is 4. The van der Waals surface area contributed by atoms with Crippen LogP contribution in [0.25, 0.3) is 67.4 Å². The SMILES string of the molecule is C1=NC(c2ccccn2)=CCC1.C=CC=N/C(=C\C)c1ccccn1.C=Cc1c(C=C)c(OC)c2nc3c4cccnc4c4ncccc4c3nc2c1O.CC.[Ru]. The van der Waals surface area contributed by atoms with Crippen LogP contribution in [0.15, 0.2) is 133 Å². The molecule has 0 spiro atoms. The van der Waals surface area contributed by atoms with Gasteiger partial charge in [-0.05, 0) is 68.3 Å². The average Bonchev–Trinajstić information content (AvgIpc) is 3.28. The minimum Gasteiger partial charge on any atom is -0.505 e. The minimum absolute atomic E-state index is 0. The molecule has 0 saturated heterocycles. The van der Waals surface area contributed by atoms with Gasteiger partial charge >= 0.3 is 0 Å². The van der Waals surface area contributed by atoms with E-state index in [4.69, 9.17) is 14.7 Å². The second-order valence-corrected chi connectivity index (χ2v) is 11.6. The maximum Gasteiger partial charge on any atom is 0.154 e. The van der Waals surface area contributed by atoms with Gasteiger partial charge in [0.2, 0.25) is 0 Å². The van der Waals surface area contributed by atoms with E-state index in [1.165, 1.54) is 0 Å². The van der Waals surface area contributed by atoms with Crippen LogP contribution in [0.1, 0.15) is 56.1 Å². The van der Waals surface area contributed by atoms with E-state index >= 15 is 0 Å². The third-order valence-corrected chi connectivity index (χ3v) is 8.40. The molecule has 5 aromatic heterocycles. The van der Waals surface area contributed by atoms with Crippen LogP contribution in [0, 0.1) is 0 Å². The number of benzene rings is 2. The summed E-state index contributed by atoms with van der Waals surface area (Å²) in [4.78, 5) is 35.6. The van der Waals surface area contributed by atoms with Gasteiger partial charge in [0.1, 0.15) is 11.0 Å². The maximum absolute atomic E-state index is 10.9. The Hall–Kier alpha value is -6.58. The fourth-order valence-electron chi connectivity index (χ4n) is 5.96. The Bertz CT molecular complexity index is 2620. The standard InChI is InChI=1S/C23H16N4O2.C11H12N2.C10H10N2.C2H6.Ru/c1-4-12-13(5-2)23(29-3)21-20(22(12)28)26-18-14-8-6-10-24-16(14)17-15(19(18)27-21)9-7-11-25-17;1-3-8-12-10(4-2)11-7-5-6-9-13-11;1-3-7-11-9(5-1)10-6-2-4-8-12-10;1-2;/h4-11,28H,1-2H2,3H3;3-9H,1H2,2H3;1,3,5-8H,2,4H2;1-2H3;/b;10-4-,12-8?;;;. The third kappa shape index (κ3) is 9.63. The van der Waals surface area contributed by atoms with Crippen LogP contribution >= 0.6 is 0 Å². The van der Waals surface area contributed by atoms with Gasteiger partial charge in [0.05, 0.1) is 52.0 Å². The summed E-state index contributed by atoms with van der Waals surface area (Å²) in [5.41, 5.74) is 8.41. The number of allylic oxidation sites excluding steroid dienone is 3. The van der Waals surface area contributed by atoms with Crippen LogP contribution in [-0.2, 0) is 19.5 Å². The fraction of sp³-hybridized carbons (Fsp3) is 0.130. The molecule has 2 aromatic carbocycles. The quantitative estimate of drug-likeness (QED) is 0.0726. The number of phenols is 1. The van der Waals surface area contributed by atoms with Gasteiger partial charge in [-0.15, -0.1) is 0 Å². The van der Waals surface area contributed by atoms with E-state index in [2.05, 4.69) is 55.7 Å². The van der Waals surface area contributed by atoms with Crippen LogP contribution in [0.2, 0.25) is 0 Å². The molecular weight excluding hydrogens is 798 g/mol. The molecule has 1 N–H and O–H groups in total. The van der Waals surface area contributed by atoms with Gasteiger partial charge in [0, 0.05) is 78.6 Å². The number of hydrogen-bond donors (Lipinski definition) is 1. The Labute approximate surface area is 345 Å². The van der Waals surface area contributed by atoms with Crippen molar-refractivity contribution in [2.24, 2.45) is 9.98 Å². The zero-order chi connectivity index (χ0) is 39.9. The van der Waals surface area contributed by atoms with E-state index in [0.29, 0.717) is 38.9 Å². The van der Waals surface area contributed by atoms with Crippen molar-refractivity contribution in [3.05, 3.63) is 146 Å². The van der Waals surface area contributed by atoms with Crippen molar-refractivity contribution in [1.82, 2.24) is 29.9 Å². The summed E-state index contributed by atoms with van der Waals surface area (Å²) in [6.45, 7) is 17.1. The molecule has 0 saturated carbocycles. The summed E-state index contributed by atoms with van der Waals surface area (Å²) in [6, 6.07) is 19.2. The summed E-state index contributed by atoms with van der Waals surface area (Å²) in [5, 5.41) is 12.6. The zero-order valence-corrected chi connectivity index (χ0v) is 34.2. The molecule has 0 bridgehead atoms. The van der Waals surface area contributed by atoms with Crippen molar-refractivity contribution in [1.29, 1.82) is 0 Å². The van der Waals surface area contributed by atoms with Crippen LogP contribution < -0.4 is 4.74 Å². The molecule has 0 aliphatic carbocycles. The molecule has 7 aromatic rings. The van der Waals surface area contributed by atoms with Crippen molar-refractivity contribution in [3.8, 4) is 11.5 Å². The molecule has 288 valence electrons. The Kier molecular flexibility index (Phi) is 16.3. The van der Waals surface area contributed by atoms with Gasteiger partial charge in [0.15, 0.2) is 11.5 Å². The molecule has 0 radical (unpaired) electrons. The molecule has 11 heteroatoms. The number of phenolic OH excluding ortho intramolecular Hbond substituents is 1. The summed E-state index contributed by atoms with van der Waals surface area (Å²) in [7, 11) is 1.56. The maximum atomic E-state index is 10.9. The molecule has 57 heavy (non-hydrogen) atoms. The van der Waals surface area contributed by atoms with Gasteiger partial charge < -0.3 is 9.84 Å². The Morgan fingerprint density at radius 1 is 0.719 bits per heavy atom. The molecule has 0 atom stereocenters. The first-order chi connectivity index (χ1) is 27.5. The minimum atomic E-state index is -0.0107. The number of hydrogen-bond acceptors (Lipinski definition) is 10. The average molecular weight is 842 g/mol. The number of aromatic nitrogens is 6. The van der Waals surface area contributed by atoms with Gasteiger partial charge in [0.25, 0.3) is 0 Å². The van der Waals surface area contributed by atoms with Crippen molar-refractivity contribution in [2.75, 3.05) is 7.11 Å². The second-order valence-electron chi connectivity index (χ2n) is 11.6. The molecule has 1 aliphatic heterocycles. The smallest absolute Gasteiger partial charge is 0.154 e. The van der Waals surface area contributed by atoms with Gasteiger partial charge in [-0.3, -0.25) is 29.9 Å². The Morgan fingerprint density at radius 3 is 1.84 bits per heavy atom. The summed E-state index contributed by atoms with van der Waals surface area (Å²) >= 11 is 0. The molecule has 8 rings (SSSR count). The molecule has 0 amide bonds. The summed E-state index contributed by atoms with van der Waals surface area (Å²) in [5.74, 6) is 0.476. The fourth-order valence-corrected chi connectivity index (χ4v) is 5.96. The number of rotatable bonds is 7. The number of methoxy groups -OCH3 is 1. The van der Waals surface area contributed by atoms with Crippen molar-refractivity contribution in [3.63, 3.8) is 0 Å². The molecule has 10 nitrogen and oxygen atoms in total. The van der Waals surface area contributed by atoms with Gasteiger partial charge in [-0.25, -0.2) is 9.97 Å². The second kappa shape index (κ2) is 21.5. The third-order valence-electron chi connectivity index (χ3n) is 8.40. The van der Waals surface area contributed by atoms with E-state index in [9.17, 15) is 5.11 Å². The number of ether oxygens (including phenoxy) is 1. The molecule has 1 aliphatic rings. The number of fused-ring (bicyclic) bond motifs is 7. The summed E-state index contributed by atoms with van der Waals surface area (Å²) in [6.07, 6.45) is 21.6. The monoisotopic (exact) mass is 842 g/mol. The van der Waals surface area contributed by atoms with Crippen LogP contribution in [-0.4, -0.2) is 54.5 Å². The van der Waals surface area contributed by atoms with E-state index in [1.807, 2.05) is 93.7 Å². The number of aromatic hydroxyl groups is 1. The molecular formula is C46H44N8O2Ru. The zero-order valence-electron chi connectivity index (χ0n) is 32.4. The first-order valence-corrected chi connectivity index (χ1v) is 18.2. The van der Waals surface area contributed by atoms with Crippen molar-refractivity contribution >= 4 is 79.8 Å². The first kappa shape index (κ1) is 43.2. The number of aliphatic imine (C=N–C) groups is 2. The predicted molar refractivity (Wildman–Crippen MR) is 234 cm³/mol. The summed E-state index contributed by atoms with van der Waals surface area (Å²) < 4.78 is 5.63. The van der Waals surface area contributed by atoms with E-state index in [-0.39, 0.29) is 25.2 Å². The normalized spacial score (nSPS) is 11.9. The van der Waals surface area contributed by atoms with E-state index in [1.54, 1.807) is 56.3 Å². The molecule has 0 fully saturated rings. The van der Waals surface area contributed by atoms with E-state index < -0.39 is 0 Å². The van der Waals surface area contributed by atoms with E-state index in [0.717, 1.165) is 57.4 Å². The first-order valence-electron chi connectivity index (χ1n) is 18.2. The van der Waals surface area contributed by atoms with Crippen LogP contribution in [0.5, 0.6) is 11.5 Å². The van der Waals surface area contributed by atoms with Crippen LogP contribution in [0.4, 0.5) is 0 Å². The van der Waals surface area contributed by atoms with Crippen molar-refractivity contribution in [2.45, 2.75) is 33.6 Å². The largest absolute Gasteiger partial charge is 0.505 e. The molecule has 6 heterocycles. The Morgan fingerprint density at radius 2 is 1.33 bits per heavy atom. The molecule has 0 unspecified atom stereocenters. The Balaban J connectivity index is 0.000000214. The number of nitrogens with zero attached hydrogens (tertiary/aromatic N) is 8. The van der Waals surface area contributed by atoms with Crippen LogP contribution in [0.3, 0.4) is 0 Å². The predicted octanol–water partition coefficient (Wildman–Crippen LogP) is 10.9.